The van der Waals surface area contributed by atoms with Gasteiger partial charge in [-0.15, -0.1) is 0 Å². The molecule has 1 saturated heterocycles. The third kappa shape index (κ3) is 20.1. The Morgan fingerprint density at radius 3 is 1.98 bits per heavy atom. The van der Waals surface area contributed by atoms with Crippen LogP contribution < -0.4 is 10.6 Å². The average Bonchev–Trinajstić information content (AvgIpc) is 3.28. The van der Waals surface area contributed by atoms with Crippen molar-refractivity contribution in [3.63, 3.8) is 0 Å². The van der Waals surface area contributed by atoms with Gasteiger partial charge in [-0.25, -0.2) is 13.2 Å². The SMILES string of the molecule is N/N=C(\C=NCCOCCOCCOCCOCCC(=O)Oc1c(F)c(F)c(F)c(F)c1F)CCCCc1cccc(-c2ccc(O)cc2)c1.OC1CO[C@H](CCN(O)O)CC1O. The zero-order valence-electron chi connectivity index (χ0n) is 34.6. The van der Waals surface area contributed by atoms with Crippen molar-refractivity contribution in [3.05, 3.63) is 83.2 Å². The molecule has 350 valence electrons. The second-order valence-corrected chi connectivity index (χ2v) is 13.9. The molecule has 0 radical (unpaired) electrons. The number of aliphatic imine (C=N–C) groups is 1. The molecule has 0 bridgehead atoms. The fourth-order valence-corrected chi connectivity index (χ4v) is 5.70. The molecule has 3 atom stereocenters. The normalized spacial score (nSPS) is 16.7. The minimum Gasteiger partial charge on any atom is -0.508 e. The molecule has 0 spiro atoms. The molecular weight excluding hydrogens is 847 g/mol. The van der Waals surface area contributed by atoms with Crippen molar-refractivity contribution in [2.45, 2.75) is 63.3 Å². The first-order valence-corrected chi connectivity index (χ1v) is 20.1. The molecular formula is C42H55F5N4O12. The van der Waals surface area contributed by atoms with Crippen LogP contribution in [0.1, 0.15) is 44.1 Å². The molecule has 3 aromatic carbocycles. The van der Waals surface area contributed by atoms with E-state index in [2.05, 4.69) is 33.0 Å². The summed E-state index contributed by atoms with van der Waals surface area (Å²) >= 11 is 0. The van der Waals surface area contributed by atoms with Gasteiger partial charge in [-0.1, -0.05) is 41.6 Å². The first-order chi connectivity index (χ1) is 30.3. The number of hydrazone groups is 1. The van der Waals surface area contributed by atoms with Crippen LogP contribution in [-0.2, 0) is 34.9 Å². The lowest BCUT2D eigenvalue weighted by molar-refractivity contribution is -0.309. The van der Waals surface area contributed by atoms with E-state index < -0.39 is 59.4 Å². The van der Waals surface area contributed by atoms with E-state index in [-0.39, 0.29) is 56.7 Å². The second kappa shape index (κ2) is 29.6. The van der Waals surface area contributed by atoms with Gasteiger partial charge in [-0.3, -0.25) is 20.2 Å². The summed E-state index contributed by atoms with van der Waals surface area (Å²) < 4.78 is 97.3. The number of rotatable bonds is 26. The summed E-state index contributed by atoms with van der Waals surface area (Å²) in [6, 6.07) is 15.5. The number of hydrogen-bond donors (Lipinski definition) is 6. The number of hydrogen-bond acceptors (Lipinski definition) is 16. The molecule has 1 heterocycles. The lowest BCUT2D eigenvalue weighted by atomic mass is 10.00. The van der Waals surface area contributed by atoms with Crippen molar-refractivity contribution < 1.29 is 80.9 Å². The van der Waals surface area contributed by atoms with Crippen LogP contribution in [-0.4, -0.2) is 140 Å². The van der Waals surface area contributed by atoms with Gasteiger partial charge < -0.3 is 49.6 Å². The van der Waals surface area contributed by atoms with E-state index >= 15 is 0 Å². The number of phenolic OH excluding ortho intramolecular Hbond substituents is 1. The summed E-state index contributed by atoms with van der Waals surface area (Å²) in [7, 11) is 0. The zero-order chi connectivity index (χ0) is 46.0. The smallest absolute Gasteiger partial charge is 0.313 e. The number of ether oxygens (including phenoxy) is 6. The third-order valence-corrected chi connectivity index (χ3v) is 9.10. The van der Waals surface area contributed by atoms with Crippen LogP contribution in [0.4, 0.5) is 22.0 Å². The molecule has 3 aromatic rings. The van der Waals surface area contributed by atoms with Crippen LogP contribution in [0.2, 0.25) is 0 Å². The number of aliphatic hydroxyl groups excluding tert-OH is 2. The Balaban J connectivity index is 0.000000692. The van der Waals surface area contributed by atoms with E-state index in [4.69, 9.17) is 45.0 Å². The van der Waals surface area contributed by atoms with Crippen molar-refractivity contribution in [2.75, 3.05) is 72.6 Å². The van der Waals surface area contributed by atoms with E-state index in [0.717, 1.165) is 30.4 Å². The highest BCUT2D eigenvalue weighted by molar-refractivity contribution is 6.30. The van der Waals surface area contributed by atoms with Gasteiger partial charge in [-0.2, -0.15) is 13.9 Å². The summed E-state index contributed by atoms with van der Waals surface area (Å²) in [6.07, 6.45) is 3.61. The monoisotopic (exact) mass is 902 g/mol. The number of hydroxylamine groups is 2. The predicted octanol–water partition coefficient (Wildman–Crippen LogP) is 4.88. The van der Waals surface area contributed by atoms with Crippen molar-refractivity contribution in [2.24, 2.45) is 15.9 Å². The first kappa shape index (κ1) is 52.7. The molecule has 7 N–H and O–H groups in total. The van der Waals surface area contributed by atoms with Crippen LogP contribution in [0.25, 0.3) is 11.1 Å². The molecule has 4 rings (SSSR count). The maximum atomic E-state index is 13.6. The molecule has 0 amide bonds. The minimum atomic E-state index is -2.35. The van der Waals surface area contributed by atoms with E-state index in [1.807, 2.05) is 18.2 Å². The number of aryl methyl sites for hydroxylation is 1. The average molecular weight is 903 g/mol. The predicted molar refractivity (Wildman–Crippen MR) is 217 cm³/mol. The molecule has 2 unspecified atom stereocenters. The molecule has 0 aliphatic carbocycles. The van der Waals surface area contributed by atoms with E-state index in [9.17, 15) is 37.0 Å². The van der Waals surface area contributed by atoms with Gasteiger partial charge in [0.25, 0.3) is 0 Å². The Kier molecular flexibility index (Phi) is 24.8. The Bertz CT molecular complexity index is 1830. The fraction of sp³-hybridized carbons (Fsp3) is 0.500. The van der Waals surface area contributed by atoms with Gasteiger partial charge in [0, 0.05) is 12.6 Å². The van der Waals surface area contributed by atoms with Gasteiger partial charge in [0.05, 0.1) is 96.9 Å². The van der Waals surface area contributed by atoms with Gasteiger partial charge in [0.2, 0.25) is 34.8 Å². The van der Waals surface area contributed by atoms with Crippen LogP contribution in [0.5, 0.6) is 11.5 Å². The van der Waals surface area contributed by atoms with E-state index in [1.54, 1.807) is 18.3 Å². The zero-order valence-corrected chi connectivity index (χ0v) is 34.6. The standard InChI is InChI=1S/C35H40F5N3O7.C7H15NO5/c36-30-31(37)33(39)35(34(40)32(30)38)50-29(45)12-14-46-16-18-48-20-21-49-19-17-47-15-13-42-23-27(43-41)7-2-1-4-24-5-3-6-26(22-24)25-8-10-28(44)11-9-25;9-6-3-5(1-2-8(11)12)13-4-7(6)10/h3,5-6,8-11,22-23,44H,1-2,4,7,12-21,41H2;5-7,9-12H,1-4H2/b42-23?,43-27-;/t;5-,6?,7?/m.1/s1. The Morgan fingerprint density at radius 2 is 1.38 bits per heavy atom. The van der Waals surface area contributed by atoms with Crippen molar-refractivity contribution in [1.29, 1.82) is 0 Å². The van der Waals surface area contributed by atoms with Gasteiger partial charge in [0.15, 0.2) is 0 Å². The Morgan fingerprint density at radius 1 is 0.778 bits per heavy atom. The largest absolute Gasteiger partial charge is 0.508 e. The number of unbranched alkanes of at least 4 members (excludes halogenated alkanes) is 1. The van der Waals surface area contributed by atoms with Crippen LogP contribution in [0.3, 0.4) is 0 Å². The number of nitrogens with two attached hydrogens (primary N) is 1. The highest BCUT2D eigenvalue weighted by Crippen LogP contribution is 2.29. The lowest BCUT2D eigenvalue weighted by Gasteiger charge is -2.30. The number of esters is 1. The second-order valence-electron chi connectivity index (χ2n) is 13.9. The maximum Gasteiger partial charge on any atom is 0.313 e. The Hall–Kier alpha value is -4.68. The number of carbonyl (C=O) groups is 1. The molecule has 1 aliphatic heterocycles. The molecule has 0 aromatic heterocycles. The van der Waals surface area contributed by atoms with Crippen molar-refractivity contribution in [3.8, 4) is 22.6 Å². The van der Waals surface area contributed by atoms with Gasteiger partial charge in [0.1, 0.15) is 11.9 Å². The van der Waals surface area contributed by atoms with Crippen LogP contribution in [0, 0.1) is 29.1 Å². The molecule has 21 heteroatoms. The first-order valence-electron chi connectivity index (χ1n) is 20.1. The van der Waals surface area contributed by atoms with E-state index in [1.165, 1.54) is 5.56 Å². The highest BCUT2D eigenvalue weighted by atomic mass is 19.2. The molecule has 16 nitrogen and oxygen atoms in total. The molecule has 1 aliphatic rings. The van der Waals surface area contributed by atoms with Gasteiger partial charge in [-0.05, 0) is 60.9 Å². The molecule has 0 saturated carbocycles. The van der Waals surface area contributed by atoms with Crippen molar-refractivity contribution in [1.82, 2.24) is 5.23 Å². The maximum absolute atomic E-state index is 13.6. The lowest BCUT2D eigenvalue weighted by Crippen LogP contribution is -2.42. The quantitative estimate of drug-likeness (QED) is 0.00727. The number of benzene rings is 3. The summed E-state index contributed by atoms with van der Waals surface area (Å²) in [5, 5.41) is 48.6. The molecule has 63 heavy (non-hydrogen) atoms. The Labute approximate surface area is 361 Å². The third-order valence-electron chi connectivity index (χ3n) is 9.10. The number of phenols is 1. The number of halogens is 5. The van der Waals surface area contributed by atoms with Crippen LogP contribution in [0.15, 0.2) is 58.6 Å². The van der Waals surface area contributed by atoms with Crippen molar-refractivity contribution >= 4 is 17.9 Å². The summed E-state index contributed by atoms with van der Waals surface area (Å²) in [6.45, 7) is 2.31. The van der Waals surface area contributed by atoms with Crippen LogP contribution >= 0.6 is 0 Å². The molecule has 1 fully saturated rings. The number of nitrogens with zero attached hydrogens (tertiary/aromatic N) is 3. The highest BCUT2D eigenvalue weighted by Gasteiger charge is 2.29. The fourth-order valence-electron chi connectivity index (χ4n) is 5.70. The topological polar surface area (TPSA) is 228 Å². The number of aliphatic hydroxyl groups is 2. The minimum absolute atomic E-state index is 0.0630. The van der Waals surface area contributed by atoms with E-state index in [0.29, 0.717) is 57.9 Å². The summed E-state index contributed by atoms with van der Waals surface area (Å²) in [5.74, 6) is -8.38. The van der Waals surface area contributed by atoms with Gasteiger partial charge >= 0.3 is 5.97 Å². The summed E-state index contributed by atoms with van der Waals surface area (Å²) in [4.78, 5) is 16.0. The number of carbonyl (C=O) groups excluding carboxylic acids is 1. The summed E-state index contributed by atoms with van der Waals surface area (Å²) in [5.41, 5.74) is 4.11. The number of aromatic hydroxyl groups is 1.